The van der Waals surface area contributed by atoms with Crippen LogP contribution >= 0.6 is 34.8 Å². The third kappa shape index (κ3) is 6.44. The third-order valence-electron chi connectivity index (χ3n) is 3.35. The zero-order chi connectivity index (χ0) is 18.7. The van der Waals surface area contributed by atoms with Crippen LogP contribution in [0.3, 0.4) is 0 Å². The monoisotopic (exact) mass is 407 g/mol. The van der Waals surface area contributed by atoms with E-state index in [1.807, 2.05) is 30.3 Å². The van der Waals surface area contributed by atoms with Gasteiger partial charge in [0.15, 0.2) is 12.4 Å². The fourth-order valence-corrected chi connectivity index (χ4v) is 2.28. The first-order chi connectivity index (χ1) is 11.6. The SMILES string of the molecule is CC(C)(O)/C=C\[C@H]1O[C@@H](c2ccccc2)OC[C@H]1OC(=N)C(Cl)(Cl)Cl. The van der Waals surface area contributed by atoms with Crippen molar-refractivity contribution in [1.82, 2.24) is 0 Å². The quantitative estimate of drug-likeness (QED) is 0.340. The van der Waals surface area contributed by atoms with Crippen LogP contribution in [0.25, 0.3) is 0 Å². The average Bonchev–Trinajstić information content (AvgIpc) is 2.53. The molecule has 0 saturated carbocycles. The lowest BCUT2D eigenvalue weighted by Gasteiger charge is -2.36. The molecule has 2 rings (SSSR count). The van der Waals surface area contributed by atoms with Gasteiger partial charge in [0, 0.05) is 5.56 Å². The number of alkyl halides is 3. The predicted octanol–water partition coefficient (Wildman–Crippen LogP) is 4.16. The van der Waals surface area contributed by atoms with Gasteiger partial charge in [0.25, 0.3) is 3.79 Å². The second kappa shape index (κ2) is 8.25. The highest BCUT2D eigenvalue weighted by molar-refractivity contribution is 6.76. The summed E-state index contributed by atoms with van der Waals surface area (Å²) >= 11 is 17.0. The fraction of sp³-hybridized carbons (Fsp3) is 0.471. The van der Waals surface area contributed by atoms with Crippen LogP contribution in [0.5, 0.6) is 0 Å². The number of hydrogen-bond donors (Lipinski definition) is 2. The van der Waals surface area contributed by atoms with Crippen molar-refractivity contribution in [1.29, 1.82) is 5.41 Å². The molecule has 1 aliphatic rings. The van der Waals surface area contributed by atoms with Crippen molar-refractivity contribution < 1.29 is 19.3 Å². The van der Waals surface area contributed by atoms with Crippen LogP contribution in [0.2, 0.25) is 0 Å². The van der Waals surface area contributed by atoms with Crippen LogP contribution in [0.1, 0.15) is 25.7 Å². The Balaban J connectivity index is 2.16. The van der Waals surface area contributed by atoms with Gasteiger partial charge in [-0.3, -0.25) is 5.41 Å². The molecule has 0 spiro atoms. The van der Waals surface area contributed by atoms with Crippen molar-refractivity contribution in [2.24, 2.45) is 0 Å². The molecule has 0 radical (unpaired) electrons. The number of rotatable bonds is 4. The largest absolute Gasteiger partial charge is 0.469 e. The average molecular weight is 409 g/mol. The molecule has 1 aromatic rings. The number of ether oxygens (including phenoxy) is 3. The third-order valence-corrected chi connectivity index (χ3v) is 3.87. The Morgan fingerprint density at radius 3 is 2.48 bits per heavy atom. The zero-order valence-electron chi connectivity index (χ0n) is 13.8. The molecule has 0 bridgehead atoms. The van der Waals surface area contributed by atoms with Gasteiger partial charge < -0.3 is 19.3 Å². The van der Waals surface area contributed by atoms with E-state index in [2.05, 4.69) is 0 Å². The van der Waals surface area contributed by atoms with Gasteiger partial charge in [-0.15, -0.1) is 0 Å². The van der Waals surface area contributed by atoms with Gasteiger partial charge in [0.2, 0.25) is 5.90 Å². The minimum absolute atomic E-state index is 0.129. The maximum Gasteiger partial charge on any atom is 0.265 e. The van der Waals surface area contributed by atoms with Crippen molar-refractivity contribution in [3.8, 4) is 0 Å². The van der Waals surface area contributed by atoms with Gasteiger partial charge in [-0.1, -0.05) is 77.3 Å². The molecule has 25 heavy (non-hydrogen) atoms. The Kier molecular flexibility index (Phi) is 6.76. The Morgan fingerprint density at radius 2 is 1.92 bits per heavy atom. The summed E-state index contributed by atoms with van der Waals surface area (Å²) in [6.07, 6.45) is 1.36. The van der Waals surface area contributed by atoms with E-state index in [4.69, 9.17) is 54.4 Å². The van der Waals surface area contributed by atoms with Gasteiger partial charge >= 0.3 is 0 Å². The Hall–Kier alpha value is -0.820. The van der Waals surface area contributed by atoms with E-state index in [-0.39, 0.29) is 6.61 Å². The molecule has 3 atom stereocenters. The van der Waals surface area contributed by atoms with Gasteiger partial charge in [0.1, 0.15) is 6.10 Å². The summed E-state index contributed by atoms with van der Waals surface area (Å²) in [6, 6.07) is 9.42. The maximum absolute atomic E-state index is 9.91. The maximum atomic E-state index is 9.91. The van der Waals surface area contributed by atoms with Crippen molar-refractivity contribution >= 4 is 40.7 Å². The molecule has 1 saturated heterocycles. The molecule has 2 N–H and O–H groups in total. The summed E-state index contributed by atoms with van der Waals surface area (Å²) in [6.45, 7) is 3.40. The van der Waals surface area contributed by atoms with E-state index in [9.17, 15) is 5.11 Å². The summed E-state index contributed by atoms with van der Waals surface area (Å²) in [5.74, 6) is -0.519. The molecule has 5 nitrogen and oxygen atoms in total. The lowest BCUT2D eigenvalue weighted by molar-refractivity contribution is -0.241. The van der Waals surface area contributed by atoms with Crippen LogP contribution in [-0.4, -0.2) is 39.2 Å². The standard InChI is InChI=1S/C17H20Cl3NO4/c1-16(2,22)9-8-12-13(25-15(21)17(18,19)20)10-23-14(24-12)11-6-4-3-5-7-11/h3-9,12-14,21-22H,10H2,1-2H3/b9-8-,21-15?/t12-,13-,14+/m1/s1. The molecular formula is C17H20Cl3NO4. The minimum atomic E-state index is -1.97. The molecule has 1 fully saturated rings. The lowest BCUT2D eigenvalue weighted by atomic mass is 10.1. The van der Waals surface area contributed by atoms with E-state index < -0.39 is 33.8 Å². The van der Waals surface area contributed by atoms with Crippen molar-refractivity contribution in [3.63, 3.8) is 0 Å². The Bertz CT molecular complexity index is 611. The van der Waals surface area contributed by atoms with Gasteiger partial charge in [0.05, 0.1) is 12.2 Å². The first kappa shape index (κ1) is 20.5. The first-order valence-corrected chi connectivity index (χ1v) is 8.76. The van der Waals surface area contributed by atoms with Crippen LogP contribution < -0.4 is 0 Å². The molecule has 0 aromatic heterocycles. The lowest BCUT2D eigenvalue weighted by Crippen LogP contribution is -2.44. The first-order valence-electron chi connectivity index (χ1n) is 7.62. The summed E-state index contributed by atoms with van der Waals surface area (Å²) in [7, 11) is 0. The number of nitrogens with one attached hydrogen (secondary N) is 1. The molecule has 138 valence electrons. The minimum Gasteiger partial charge on any atom is -0.469 e. The molecule has 1 aromatic carbocycles. The second-order valence-electron chi connectivity index (χ2n) is 6.17. The number of halogens is 3. The molecule has 0 aliphatic carbocycles. The van der Waals surface area contributed by atoms with Crippen LogP contribution in [-0.2, 0) is 14.2 Å². The van der Waals surface area contributed by atoms with Crippen molar-refractivity contribution in [2.45, 2.75) is 41.7 Å². The van der Waals surface area contributed by atoms with Crippen LogP contribution in [0, 0.1) is 5.41 Å². The number of hydrogen-bond acceptors (Lipinski definition) is 5. The van der Waals surface area contributed by atoms with Gasteiger partial charge in [-0.05, 0) is 13.8 Å². The molecule has 0 amide bonds. The zero-order valence-corrected chi connectivity index (χ0v) is 16.1. The second-order valence-corrected chi connectivity index (χ2v) is 8.45. The number of benzene rings is 1. The van der Waals surface area contributed by atoms with E-state index in [0.29, 0.717) is 0 Å². The van der Waals surface area contributed by atoms with E-state index >= 15 is 0 Å². The molecule has 8 heteroatoms. The topological polar surface area (TPSA) is 71.8 Å². The molecular weight excluding hydrogens is 389 g/mol. The number of aliphatic hydroxyl groups is 1. The smallest absolute Gasteiger partial charge is 0.265 e. The van der Waals surface area contributed by atoms with Crippen molar-refractivity contribution in [3.05, 3.63) is 48.0 Å². The predicted molar refractivity (Wildman–Crippen MR) is 98.3 cm³/mol. The Labute approximate surface area is 161 Å². The van der Waals surface area contributed by atoms with Gasteiger partial charge in [-0.25, -0.2) is 0 Å². The summed E-state index contributed by atoms with van der Waals surface area (Å²) in [4.78, 5) is 0. The summed E-state index contributed by atoms with van der Waals surface area (Å²) < 4.78 is 15.1. The van der Waals surface area contributed by atoms with Gasteiger partial charge in [-0.2, -0.15) is 0 Å². The normalized spacial score (nSPS) is 25.1. The highest BCUT2D eigenvalue weighted by Gasteiger charge is 2.37. The van der Waals surface area contributed by atoms with Crippen LogP contribution in [0.15, 0.2) is 42.5 Å². The van der Waals surface area contributed by atoms with Crippen LogP contribution in [0.4, 0.5) is 0 Å². The molecule has 1 heterocycles. The highest BCUT2D eigenvalue weighted by atomic mass is 35.6. The highest BCUT2D eigenvalue weighted by Crippen LogP contribution is 2.32. The van der Waals surface area contributed by atoms with E-state index in [1.165, 1.54) is 0 Å². The van der Waals surface area contributed by atoms with E-state index in [0.717, 1.165) is 5.56 Å². The Morgan fingerprint density at radius 1 is 1.28 bits per heavy atom. The fourth-order valence-electron chi connectivity index (χ4n) is 2.15. The summed E-state index contributed by atoms with van der Waals surface area (Å²) in [5, 5.41) is 17.6. The molecule has 0 unspecified atom stereocenters. The summed E-state index contributed by atoms with van der Waals surface area (Å²) in [5.41, 5.74) is -0.184. The van der Waals surface area contributed by atoms with Crippen molar-refractivity contribution in [2.75, 3.05) is 6.61 Å². The molecule has 1 aliphatic heterocycles. The van der Waals surface area contributed by atoms with E-state index in [1.54, 1.807) is 26.0 Å².